The first-order valence-corrected chi connectivity index (χ1v) is 9.52. The van der Waals surface area contributed by atoms with Crippen LogP contribution in [0.5, 0.6) is 5.75 Å². The zero-order valence-corrected chi connectivity index (χ0v) is 18.9. The number of halogens is 1. The van der Waals surface area contributed by atoms with Gasteiger partial charge in [0.05, 0.1) is 6.54 Å². The number of ether oxygens (including phenoxy) is 1. The Kier molecular flexibility index (Phi) is 10.5. The first-order valence-electron chi connectivity index (χ1n) is 9.52. The average molecular weight is 488 g/mol. The van der Waals surface area contributed by atoms with E-state index >= 15 is 0 Å². The number of amides is 1. The summed E-state index contributed by atoms with van der Waals surface area (Å²) in [7, 11) is 0. The highest BCUT2D eigenvalue weighted by atomic mass is 127. The normalized spacial score (nSPS) is 18.4. The van der Waals surface area contributed by atoms with Crippen LogP contribution in [-0.4, -0.2) is 49.0 Å². The summed E-state index contributed by atoms with van der Waals surface area (Å²) in [5.74, 6) is 1.84. The molecule has 0 aromatic heterocycles. The molecule has 3 N–H and O–H groups in total. The molecule has 6 nitrogen and oxygen atoms in total. The number of nitrogens with zero attached hydrogens (tertiary/aromatic N) is 2. The predicted molar refractivity (Wildman–Crippen MR) is 121 cm³/mol. The lowest BCUT2D eigenvalue weighted by atomic mass is 9.95. The van der Waals surface area contributed by atoms with Crippen molar-refractivity contribution < 1.29 is 9.53 Å². The van der Waals surface area contributed by atoms with Crippen LogP contribution in [0.3, 0.4) is 0 Å². The van der Waals surface area contributed by atoms with Crippen molar-refractivity contribution in [2.24, 2.45) is 16.6 Å². The quantitative estimate of drug-likeness (QED) is 0.352. The van der Waals surface area contributed by atoms with Gasteiger partial charge in [0.2, 0.25) is 5.91 Å². The van der Waals surface area contributed by atoms with Gasteiger partial charge in [0.25, 0.3) is 0 Å². The zero-order chi connectivity index (χ0) is 18.9. The SMILES string of the molecule is CCNC(=NCC(C)Oc1ccc(C)cc1)N1CCCC(CC(N)=O)C1.I. The number of aliphatic imine (C=N–C) groups is 1. The monoisotopic (exact) mass is 488 g/mol. The highest BCUT2D eigenvalue weighted by Gasteiger charge is 2.23. The van der Waals surface area contributed by atoms with E-state index in [4.69, 9.17) is 15.5 Å². The Morgan fingerprint density at radius 2 is 2.11 bits per heavy atom. The number of hydrogen-bond acceptors (Lipinski definition) is 3. The van der Waals surface area contributed by atoms with E-state index in [2.05, 4.69) is 24.1 Å². The Hall–Kier alpha value is -1.51. The van der Waals surface area contributed by atoms with E-state index in [9.17, 15) is 4.79 Å². The second-order valence-electron chi connectivity index (χ2n) is 7.06. The molecule has 2 atom stereocenters. The van der Waals surface area contributed by atoms with Gasteiger partial charge in [0, 0.05) is 26.1 Å². The van der Waals surface area contributed by atoms with Gasteiger partial charge in [-0.25, -0.2) is 4.99 Å². The van der Waals surface area contributed by atoms with Gasteiger partial charge in [0.1, 0.15) is 11.9 Å². The number of carbonyl (C=O) groups is 1. The number of rotatable bonds is 7. The number of guanidine groups is 1. The fourth-order valence-corrected chi connectivity index (χ4v) is 3.24. The average Bonchev–Trinajstić information content (AvgIpc) is 2.60. The van der Waals surface area contributed by atoms with Gasteiger partial charge in [-0.1, -0.05) is 17.7 Å². The van der Waals surface area contributed by atoms with Gasteiger partial charge in [-0.3, -0.25) is 4.79 Å². The Morgan fingerprint density at radius 1 is 1.41 bits per heavy atom. The number of piperidine rings is 1. The van der Waals surface area contributed by atoms with Crippen LogP contribution in [0.4, 0.5) is 0 Å². The van der Waals surface area contributed by atoms with E-state index in [0.717, 1.165) is 44.2 Å². The molecule has 0 radical (unpaired) electrons. The summed E-state index contributed by atoms with van der Waals surface area (Å²) in [6.07, 6.45) is 2.53. The lowest BCUT2D eigenvalue weighted by Crippen LogP contribution is -2.47. The van der Waals surface area contributed by atoms with Crippen LogP contribution < -0.4 is 15.8 Å². The molecule has 2 rings (SSSR count). The van der Waals surface area contributed by atoms with Crippen molar-refractivity contribution >= 4 is 35.8 Å². The standard InChI is InChI=1S/C20H32N4O2.HI/c1-4-22-20(24-11-5-6-17(14-24)12-19(21)25)23-13-16(3)26-18-9-7-15(2)8-10-18;/h7-10,16-17H,4-6,11-14H2,1-3H3,(H2,21,25)(H,22,23);1H. The van der Waals surface area contributed by atoms with Crippen molar-refractivity contribution in [2.75, 3.05) is 26.2 Å². The summed E-state index contributed by atoms with van der Waals surface area (Å²) >= 11 is 0. The van der Waals surface area contributed by atoms with E-state index in [-0.39, 0.29) is 36.0 Å². The number of aryl methyl sites for hydroxylation is 1. The van der Waals surface area contributed by atoms with Crippen molar-refractivity contribution in [3.05, 3.63) is 29.8 Å². The fourth-order valence-electron chi connectivity index (χ4n) is 3.24. The number of hydrogen-bond donors (Lipinski definition) is 2. The van der Waals surface area contributed by atoms with Crippen molar-refractivity contribution in [3.8, 4) is 5.75 Å². The number of primary amides is 1. The predicted octanol–water partition coefficient (Wildman–Crippen LogP) is 2.93. The number of carbonyl (C=O) groups excluding carboxylic acids is 1. The molecule has 0 spiro atoms. The minimum Gasteiger partial charge on any atom is -0.489 e. The molecule has 1 fully saturated rings. The van der Waals surface area contributed by atoms with Crippen molar-refractivity contribution in [3.63, 3.8) is 0 Å². The lowest BCUT2D eigenvalue weighted by molar-refractivity contribution is -0.119. The highest BCUT2D eigenvalue weighted by molar-refractivity contribution is 14.0. The number of likely N-dealkylation sites (tertiary alicyclic amines) is 1. The summed E-state index contributed by atoms with van der Waals surface area (Å²) in [6.45, 7) is 9.31. The van der Waals surface area contributed by atoms with Gasteiger partial charge >= 0.3 is 0 Å². The molecule has 1 aromatic rings. The Balaban J connectivity index is 0.00000364. The van der Waals surface area contributed by atoms with Crippen LogP contribution in [0.25, 0.3) is 0 Å². The summed E-state index contributed by atoms with van der Waals surface area (Å²) in [6, 6.07) is 8.06. The van der Waals surface area contributed by atoms with Crippen LogP contribution in [0.1, 0.15) is 38.7 Å². The molecule has 1 amide bonds. The summed E-state index contributed by atoms with van der Waals surface area (Å²) in [4.78, 5) is 18.2. The summed E-state index contributed by atoms with van der Waals surface area (Å²) < 4.78 is 5.94. The third kappa shape index (κ3) is 8.36. The third-order valence-electron chi connectivity index (χ3n) is 4.50. The van der Waals surface area contributed by atoms with Gasteiger partial charge < -0.3 is 20.7 Å². The number of nitrogens with two attached hydrogens (primary N) is 1. The van der Waals surface area contributed by atoms with Crippen molar-refractivity contribution in [1.82, 2.24) is 10.2 Å². The molecule has 0 saturated carbocycles. The molecule has 0 bridgehead atoms. The molecule has 1 aliphatic rings. The molecule has 152 valence electrons. The molecule has 1 aromatic carbocycles. The molecular formula is C20H33IN4O2. The largest absolute Gasteiger partial charge is 0.489 e. The molecule has 1 heterocycles. The van der Waals surface area contributed by atoms with Crippen LogP contribution in [0, 0.1) is 12.8 Å². The van der Waals surface area contributed by atoms with Crippen LogP contribution >= 0.6 is 24.0 Å². The number of benzene rings is 1. The molecule has 7 heteroatoms. The zero-order valence-electron chi connectivity index (χ0n) is 16.6. The van der Waals surface area contributed by atoms with Crippen LogP contribution in [0.2, 0.25) is 0 Å². The van der Waals surface area contributed by atoms with Gasteiger partial charge in [-0.15, -0.1) is 24.0 Å². The molecule has 0 aliphatic carbocycles. The van der Waals surface area contributed by atoms with Gasteiger partial charge in [-0.2, -0.15) is 0 Å². The first-order chi connectivity index (χ1) is 12.5. The van der Waals surface area contributed by atoms with Crippen LogP contribution in [-0.2, 0) is 4.79 Å². The second-order valence-corrected chi connectivity index (χ2v) is 7.06. The molecule has 2 unspecified atom stereocenters. The molecule has 1 saturated heterocycles. The highest BCUT2D eigenvalue weighted by Crippen LogP contribution is 2.19. The number of nitrogens with one attached hydrogen (secondary N) is 1. The topological polar surface area (TPSA) is 80.0 Å². The maximum atomic E-state index is 11.2. The van der Waals surface area contributed by atoms with E-state index in [1.165, 1.54) is 5.56 Å². The Morgan fingerprint density at radius 3 is 2.74 bits per heavy atom. The fraction of sp³-hybridized carbons (Fsp3) is 0.600. The molecule has 27 heavy (non-hydrogen) atoms. The smallest absolute Gasteiger partial charge is 0.217 e. The minimum absolute atomic E-state index is 0. The van der Waals surface area contributed by atoms with Crippen LogP contribution in [0.15, 0.2) is 29.3 Å². The Bertz CT molecular complexity index is 607. The first kappa shape index (κ1) is 23.5. The summed E-state index contributed by atoms with van der Waals surface area (Å²) in [5, 5.41) is 3.36. The third-order valence-corrected chi connectivity index (χ3v) is 4.50. The van der Waals surface area contributed by atoms with Crippen molar-refractivity contribution in [2.45, 2.75) is 46.1 Å². The second kappa shape index (κ2) is 12.0. The molecular weight excluding hydrogens is 455 g/mol. The van der Waals surface area contributed by atoms with Gasteiger partial charge in [-0.05, 0) is 51.7 Å². The van der Waals surface area contributed by atoms with E-state index in [1.54, 1.807) is 0 Å². The van der Waals surface area contributed by atoms with E-state index < -0.39 is 0 Å². The van der Waals surface area contributed by atoms with E-state index in [1.807, 2.05) is 31.2 Å². The van der Waals surface area contributed by atoms with Gasteiger partial charge in [0.15, 0.2) is 5.96 Å². The Labute approximate surface area is 179 Å². The summed E-state index contributed by atoms with van der Waals surface area (Å²) in [5.41, 5.74) is 6.58. The maximum absolute atomic E-state index is 11.2. The van der Waals surface area contributed by atoms with E-state index in [0.29, 0.717) is 18.9 Å². The molecule has 1 aliphatic heterocycles. The maximum Gasteiger partial charge on any atom is 0.217 e. The van der Waals surface area contributed by atoms with Crippen molar-refractivity contribution in [1.29, 1.82) is 0 Å². The lowest BCUT2D eigenvalue weighted by Gasteiger charge is -2.34. The minimum atomic E-state index is -0.223.